The quantitative estimate of drug-likeness (QED) is 0.177. The van der Waals surface area contributed by atoms with E-state index < -0.39 is 10.2 Å². The molecule has 0 radical (unpaired) electrons. The minimum atomic E-state index is -4.30. The van der Waals surface area contributed by atoms with Gasteiger partial charge < -0.3 is 23.4 Å². The molecule has 0 aliphatic carbocycles. The van der Waals surface area contributed by atoms with Crippen LogP contribution in [-0.2, 0) is 10.2 Å². The van der Waals surface area contributed by atoms with E-state index in [-0.39, 0.29) is 60.0 Å². The normalized spacial score (nSPS) is 11.0. The third kappa shape index (κ3) is 7.25. The molecule has 222 valence electrons. The summed E-state index contributed by atoms with van der Waals surface area (Å²) in [4.78, 5) is 25.3. The predicted molar refractivity (Wildman–Crippen MR) is 157 cm³/mol. The van der Waals surface area contributed by atoms with Gasteiger partial charge in [0, 0.05) is 37.9 Å². The molecule has 43 heavy (non-hydrogen) atoms. The van der Waals surface area contributed by atoms with Crippen molar-refractivity contribution in [1.29, 1.82) is 0 Å². The first-order valence-electron chi connectivity index (χ1n) is 12.4. The molecule has 4 heterocycles. The maximum absolute atomic E-state index is 13.4. The summed E-state index contributed by atoms with van der Waals surface area (Å²) in [7, 11) is -1.52. The molecule has 0 saturated carbocycles. The Morgan fingerprint density at radius 1 is 0.907 bits per heavy atom. The molecule has 0 spiro atoms. The van der Waals surface area contributed by atoms with E-state index >= 15 is 0 Å². The highest BCUT2D eigenvalue weighted by Gasteiger charge is 2.28. The molecule has 17 heteroatoms. The Balaban J connectivity index is 1.54. The summed E-state index contributed by atoms with van der Waals surface area (Å²) in [5.41, 5.74) is 0. The molecule has 1 aromatic carbocycles. The van der Waals surface area contributed by atoms with Crippen LogP contribution in [0.15, 0.2) is 82.4 Å². The molecule has 4 aromatic heterocycles. The zero-order valence-electron chi connectivity index (χ0n) is 22.6. The summed E-state index contributed by atoms with van der Waals surface area (Å²) in [5, 5.41) is 0. The Morgan fingerprint density at radius 2 is 1.63 bits per heavy atom. The Hall–Kier alpha value is -5.03. The number of aromatic nitrogens is 6. The largest absolute Gasteiger partial charge is 0.493 e. The highest BCUT2D eigenvalue weighted by molar-refractivity contribution is 9.10. The highest BCUT2D eigenvalue weighted by Crippen LogP contribution is 2.41. The van der Waals surface area contributed by atoms with Crippen LogP contribution in [0.1, 0.15) is 0 Å². The van der Waals surface area contributed by atoms with Crippen LogP contribution in [0, 0.1) is 0 Å². The van der Waals surface area contributed by atoms with E-state index in [1.165, 1.54) is 51.3 Å². The van der Waals surface area contributed by atoms with Crippen molar-refractivity contribution in [2.75, 3.05) is 36.4 Å². The maximum atomic E-state index is 13.4. The van der Waals surface area contributed by atoms with Gasteiger partial charge in [-0.3, -0.25) is 0 Å². The first-order chi connectivity index (χ1) is 20.8. The van der Waals surface area contributed by atoms with Crippen molar-refractivity contribution in [2.24, 2.45) is 0 Å². The summed E-state index contributed by atoms with van der Waals surface area (Å²) in [6.07, 6.45) is 7.41. The smallest absolute Gasteiger partial charge is 0.327 e. The number of furan rings is 1. The van der Waals surface area contributed by atoms with E-state index in [4.69, 9.17) is 23.4 Å². The highest BCUT2D eigenvalue weighted by atomic mass is 79.9. The number of benzene rings is 1. The fraction of sp³-hybridized carbons (Fsp3) is 0.154. The average Bonchev–Trinajstić information content (AvgIpc) is 3.56. The summed E-state index contributed by atoms with van der Waals surface area (Å²) in [6, 6.07) is 11.5. The van der Waals surface area contributed by atoms with Crippen LogP contribution in [-0.4, -0.2) is 65.7 Å². The van der Waals surface area contributed by atoms with E-state index in [0.717, 1.165) is 4.31 Å². The van der Waals surface area contributed by atoms with Gasteiger partial charge in [-0.05, 0) is 40.2 Å². The lowest BCUT2D eigenvalue weighted by Gasteiger charge is -2.20. The summed E-state index contributed by atoms with van der Waals surface area (Å²) in [6.45, 7) is -0.0501. The number of halogens is 1. The maximum Gasteiger partial charge on any atom is 0.327 e. The van der Waals surface area contributed by atoms with Crippen LogP contribution < -0.4 is 28.0 Å². The lowest BCUT2D eigenvalue weighted by molar-refractivity contribution is 0.197. The number of hydrogen-bond donors (Lipinski definition) is 1. The van der Waals surface area contributed by atoms with Gasteiger partial charge in [0.1, 0.15) is 13.2 Å². The van der Waals surface area contributed by atoms with Crippen molar-refractivity contribution in [3.8, 4) is 40.8 Å². The van der Waals surface area contributed by atoms with Crippen LogP contribution >= 0.6 is 15.9 Å². The van der Waals surface area contributed by atoms with E-state index in [9.17, 15) is 8.42 Å². The van der Waals surface area contributed by atoms with Crippen molar-refractivity contribution in [1.82, 2.24) is 29.9 Å². The van der Waals surface area contributed by atoms with Crippen LogP contribution in [0.25, 0.3) is 11.6 Å². The second-order valence-corrected chi connectivity index (χ2v) is 10.9. The number of nitrogens with zero attached hydrogens (tertiary/aromatic N) is 7. The summed E-state index contributed by atoms with van der Waals surface area (Å²) in [5.74, 6) is 0.150. The third-order valence-electron chi connectivity index (χ3n) is 5.43. The second kappa shape index (κ2) is 13.3. The molecule has 5 rings (SSSR count). The minimum absolute atomic E-state index is 0.0131. The summed E-state index contributed by atoms with van der Waals surface area (Å²) >= 11 is 3.27. The van der Waals surface area contributed by atoms with Crippen molar-refractivity contribution in [3.05, 3.63) is 78.0 Å². The van der Waals surface area contributed by atoms with Crippen LogP contribution in [0.3, 0.4) is 0 Å². The van der Waals surface area contributed by atoms with Gasteiger partial charge in [-0.15, -0.1) is 0 Å². The van der Waals surface area contributed by atoms with Crippen LogP contribution in [0.2, 0.25) is 0 Å². The summed E-state index contributed by atoms with van der Waals surface area (Å²) < 4.78 is 59.2. The lowest BCUT2D eigenvalue weighted by Crippen LogP contribution is -2.32. The molecule has 1 N–H and O–H groups in total. The van der Waals surface area contributed by atoms with Crippen molar-refractivity contribution >= 4 is 37.8 Å². The van der Waals surface area contributed by atoms with E-state index in [2.05, 4.69) is 50.6 Å². The molecule has 0 aliphatic heterocycles. The second-order valence-electron chi connectivity index (χ2n) is 8.26. The number of para-hydroxylation sites is 2. The third-order valence-corrected chi connectivity index (χ3v) is 7.20. The van der Waals surface area contributed by atoms with Crippen molar-refractivity contribution < 1.29 is 31.8 Å². The van der Waals surface area contributed by atoms with Gasteiger partial charge >= 0.3 is 16.2 Å². The van der Waals surface area contributed by atoms with Gasteiger partial charge in [-0.25, -0.2) is 33.9 Å². The number of ether oxygens (including phenoxy) is 4. The molecule has 15 nitrogen and oxygen atoms in total. The van der Waals surface area contributed by atoms with Gasteiger partial charge in [0.2, 0.25) is 17.5 Å². The molecular weight excluding hydrogens is 648 g/mol. The molecule has 0 atom stereocenters. The predicted octanol–water partition coefficient (Wildman–Crippen LogP) is 4.13. The van der Waals surface area contributed by atoms with Gasteiger partial charge in [0.05, 0.1) is 17.8 Å². The van der Waals surface area contributed by atoms with E-state index in [1.807, 2.05) is 0 Å². The number of nitrogens with one attached hydrogen (secondary N) is 1. The standard InChI is InChI=1S/C26H23BrN8O7S/c1-35(20-9-5-12-39-20)43(36,37)34-22-21(42-19-8-4-3-7-18(19)38-2)25(33-24(32-22)23-28-10-6-11-29-23)40-13-14-41-26-30-15-17(27)16-31-26/h3-12,15-16H,13-14H2,1-2H3,(H,32,33,34). The number of rotatable bonds is 13. The Labute approximate surface area is 254 Å². The number of anilines is 2. The van der Waals surface area contributed by atoms with Gasteiger partial charge in [0.15, 0.2) is 23.1 Å². The molecule has 5 aromatic rings. The monoisotopic (exact) mass is 670 g/mol. The van der Waals surface area contributed by atoms with E-state index in [1.54, 1.807) is 36.4 Å². The van der Waals surface area contributed by atoms with Gasteiger partial charge in [-0.2, -0.15) is 13.4 Å². The molecular formula is C26H23BrN8O7S. The molecule has 0 aliphatic rings. The van der Waals surface area contributed by atoms with Crippen molar-refractivity contribution in [3.63, 3.8) is 0 Å². The fourth-order valence-electron chi connectivity index (χ4n) is 3.42. The molecule has 0 fully saturated rings. The Bertz CT molecular complexity index is 1760. The zero-order chi connectivity index (χ0) is 30.2. The molecule has 0 unspecified atom stereocenters. The first kappa shape index (κ1) is 29.5. The topological polar surface area (TPSA) is 177 Å². The molecule has 0 amide bonds. The van der Waals surface area contributed by atoms with Crippen LogP contribution in [0.5, 0.6) is 29.1 Å². The van der Waals surface area contributed by atoms with Crippen LogP contribution in [0.4, 0.5) is 11.7 Å². The Morgan fingerprint density at radius 3 is 2.33 bits per heavy atom. The number of hydrogen-bond acceptors (Lipinski definition) is 13. The Kier molecular flexibility index (Phi) is 9.11. The lowest BCUT2D eigenvalue weighted by atomic mass is 10.3. The van der Waals surface area contributed by atoms with Gasteiger partial charge in [-0.1, -0.05) is 12.1 Å². The molecule has 0 bridgehead atoms. The number of methoxy groups -OCH3 is 1. The zero-order valence-corrected chi connectivity index (χ0v) is 25.0. The fourth-order valence-corrected chi connectivity index (χ4v) is 4.49. The van der Waals surface area contributed by atoms with Crippen molar-refractivity contribution in [2.45, 2.75) is 0 Å². The average molecular weight is 671 g/mol. The molecule has 0 saturated heterocycles. The minimum Gasteiger partial charge on any atom is -0.493 e. The SMILES string of the molecule is COc1ccccc1Oc1c(NS(=O)(=O)N(C)c2ccco2)nc(-c2ncccn2)nc1OCCOc1ncc(Br)cn1. The van der Waals surface area contributed by atoms with Gasteiger partial charge in [0.25, 0.3) is 5.88 Å². The van der Waals surface area contributed by atoms with E-state index in [0.29, 0.717) is 10.2 Å². The first-order valence-corrected chi connectivity index (χ1v) is 14.6.